The molecular weight excluding hydrogens is 104 g/mol. The second-order valence-electron chi connectivity index (χ2n) is 1.70. The summed E-state index contributed by atoms with van der Waals surface area (Å²) in [5.74, 6) is 2.19. The first-order chi connectivity index (χ1) is 3.30. The first-order valence-electron chi connectivity index (χ1n) is 2.24. The minimum absolute atomic E-state index is 1.10. The summed E-state index contributed by atoms with van der Waals surface area (Å²) in [5, 5.41) is 0. The molecule has 1 aliphatic rings. The topological polar surface area (TPSA) is 0 Å². The van der Waals surface area contributed by atoms with E-state index in [1.54, 1.807) is 0 Å². The van der Waals surface area contributed by atoms with Crippen LogP contribution in [0.5, 0.6) is 0 Å². The zero-order chi connectivity index (χ0) is 5.28. The van der Waals surface area contributed by atoms with E-state index in [1.165, 1.54) is 11.1 Å². The maximum Gasteiger partial charge on any atom is 0.0184 e. The van der Waals surface area contributed by atoms with Crippen LogP contribution in [0.3, 0.4) is 0 Å². The minimum atomic E-state index is 1.10. The molecule has 1 saturated heterocycles. The van der Waals surface area contributed by atoms with Gasteiger partial charge >= 0.3 is 0 Å². The third-order valence-electron chi connectivity index (χ3n) is 1.05. The summed E-state index contributed by atoms with van der Waals surface area (Å²) in [5.41, 5.74) is 2.45. The molecule has 0 unspecified atom stereocenters. The lowest BCUT2D eigenvalue weighted by molar-refractivity contribution is 1.48. The SMILES string of the molecule is C=C1CSCC1=C. The molecule has 1 heterocycles. The van der Waals surface area contributed by atoms with Crippen molar-refractivity contribution in [3.8, 4) is 0 Å². The van der Waals surface area contributed by atoms with Gasteiger partial charge < -0.3 is 0 Å². The Labute approximate surface area is 48.3 Å². The van der Waals surface area contributed by atoms with Crippen molar-refractivity contribution >= 4 is 11.8 Å². The molecule has 1 heteroatoms. The van der Waals surface area contributed by atoms with Gasteiger partial charge in [-0.2, -0.15) is 11.8 Å². The molecule has 0 spiro atoms. The van der Waals surface area contributed by atoms with Crippen LogP contribution in [0.2, 0.25) is 0 Å². The van der Waals surface area contributed by atoms with E-state index in [-0.39, 0.29) is 0 Å². The molecule has 1 fully saturated rings. The molecule has 0 atom stereocenters. The molecule has 1 rings (SSSR count). The molecule has 0 aliphatic carbocycles. The van der Waals surface area contributed by atoms with E-state index in [2.05, 4.69) is 13.2 Å². The highest BCUT2D eigenvalue weighted by molar-refractivity contribution is 8.00. The Kier molecular flexibility index (Phi) is 1.24. The van der Waals surface area contributed by atoms with Crippen molar-refractivity contribution in [3.05, 3.63) is 24.3 Å². The Morgan fingerprint density at radius 2 is 1.57 bits per heavy atom. The summed E-state index contributed by atoms with van der Waals surface area (Å²) in [7, 11) is 0. The number of hydrogen-bond acceptors (Lipinski definition) is 1. The third kappa shape index (κ3) is 0.885. The predicted molar refractivity (Wildman–Crippen MR) is 35.6 cm³/mol. The van der Waals surface area contributed by atoms with Gasteiger partial charge in [0.2, 0.25) is 0 Å². The molecule has 7 heavy (non-hydrogen) atoms. The summed E-state index contributed by atoms with van der Waals surface area (Å²) in [6.07, 6.45) is 0. The van der Waals surface area contributed by atoms with Crippen LogP contribution in [-0.2, 0) is 0 Å². The minimum Gasteiger partial charge on any atom is -0.152 e. The fourth-order valence-corrected chi connectivity index (χ4v) is 1.50. The van der Waals surface area contributed by atoms with Crippen molar-refractivity contribution in [3.63, 3.8) is 0 Å². The highest BCUT2D eigenvalue weighted by atomic mass is 32.2. The lowest BCUT2D eigenvalue weighted by atomic mass is 10.2. The quantitative estimate of drug-likeness (QED) is 0.461. The van der Waals surface area contributed by atoms with Gasteiger partial charge in [0.05, 0.1) is 0 Å². The fraction of sp³-hybridized carbons (Fsp3) is 0.333. The van der Waals surface area contributed by atoms with Gasteiger partial charge in [-0.1, -0.05) is 13.2 Å². The zero-order valence-corrected chi connectivity index (χ0v) is 5.05. The van der Waals surface area contributed by atoms with Crippen molar-refractivity contribution in [2.75, 3.05) is 11.5 Å². The maximum absolute atomic E-state index is 3.81. The maximum atomic E-state index is 3.81. The standard InChI is InChI=1S/C6H8S/c1-5-3-7-4-6(5)2/h1-4H2. The van der Waals surface area contributed by atoms with Crippen molar-refractivity contribution in [2.24, 2.45) is 0 Å². The zero-order valence-electron chi connectivity index (χ0n) is 4.24. The monoisotopic (exact) mass is 112 g/mol. The molecular formula is C6H8S. The van der Waals surface area contributed by atoms with Crippen molar-refractivity contribution in [1.29, 1.82) is 0 Å². The lowest BCUT2D eigenvalue weighted by Crippen LogP contribution is -1.75. The van der Waals surface area contributed by atoms with Crippen LogP contribution >= 0.6 is 11.8 Å². The van der Waals surface area contributed by atoms with Gasteiger partial charge in [-0.15, -0.1) is 0 Å². The van der Waals surface area contributed by atoms with Gasteiger partial charge in [0.25, 0.3) is 0 Å². The molecule has 0 saturated carbocycles. The van der Waals surface area contributed by atoms with Crippen LogP contribution in [0.4, 0.5) is 0 Å². The van der Waals surface area contributed by atoms with Crippen LogP contribution in [0.25, 0.3) is 0 Å². The normalized spacial score (nSPS) is 21.1. The van der Waals surface area contributed by atoms with Crippen LogP contribution in [-0.4, -0.2) is 11.5 Å². The van der Waals surface area contributed by atoms with Crippen molar-refractivity contribution in [2.45, 2.75) is 0 Å². The van der Waals surface area contributed by atoms with Crippen LogP contribution in [0, 0.1) is 0 Å². The Morgan fingerprint density at radius 1 is 1.14 bits per heavy atom. The second-order valence-corrected chi connectivity index (χ2v) is 2.69. The van der Waals surface area contributed by atoms with E-state index < -0.39 is 0 Å². The Bertz CT molecular complexity index is 99.3. The molecule has 0 N–H and O–H groups in total. The van der Waals surface area contributed by atoms with E-state index >= 15 is 0 Å². The van der Waals surface area contributed by atoms with Gasteiger partial charge in [-0.3, -0.25) is 0 Å². The average molecular weight is 112 g/mol. The van der Waals surface area contributed by atoms with Gasteiger partial charge in [0, 0.05) is 11.5 Å². The summed E-state index contributed by atoms with van der Waals surface area (Å²) in [6.45, 7) is 7.63. The number of hydrogen-bond donors (Lipinski definition) is 0. The van der Waals surface area contributed by atoms with Gasteiger partial charge in [-0.25, -0.2) is 0 Å². The van der Waals surface area contributed by atoms with Crippen LogP contribution < -0.4 is 0 Å². The largest absolute Gasteiger partial charge is 0.152 e. The molecule has 0 aromatic rings. The average Bonchev–Trinajstić information content (AvgIpc) is 1.91. The molecule has 1 aliphatic heterocycles. The van der Waals surface area contributed by atoms with Gasteiger partial charge in [0.1, 0.15) is 0 Å². The van der Waals surface area contributed by atoms with Crippen LogP contribution in [0.1, 0.15) is 0 Å². The smallest absolute Gasteiger partial charge is 0.0184 e. The van der Waals surface area contributed by atoms with Gasteiger partial charge in [0.15, 0.2) is 0 Å². The van der Waals surface area contributed by atoms with E-state index in [9.17, 15) is 0 Å². The molecule has 0 aromatic carbocycles. The van der Waals surface area contributed by atoms with Gasteiger partial charge in [-0.05, 0) is 11.1 Å². The van der Waals surface area contributed by atoms with E-state index in [0.717, 1.165) is 11.5 Å². The molecule has 0 aromatic heterocycles. The highest BCUT2D eigenvalue weighted by Gasteiger charge is 2.07. The second kappa shape index (κ2) is 1.74. The summed E-state index contributed by atoms with van der Waals surface area (Å²) < 4.78 is 0. The Balaban J connectivity index is 2.65. The summed E-state index contributed by atoms with van der Waals surface area (Å²) >= 11 is 1.89. The molecule has 0 amide bonds. The third-order valence-corrected chi connectivity index (χ3v) is 2.16. The van der Waals surface area contributed by atoms with E-state index in [1.807, 2.05) is 11.8 Å². The summed E-state index contributed by atoms with van der Waals surface area (Å²) in [6, 6.07) is 0. The summed E-state index contributed by atoms with van der Waals surface area (Å²) in [4.78, 5) is 0. The van der Waals surface area contributed by atoms with E-state index in [0.29, 0.717) is 0 Å². The van der Waals surface area contributed by atoms with Crippen molar-refractivity contribution in [1.82, 2.24) is 0 Å². The molecule has 0 bridgehead atoms. The number of thioether (sulfide) groups is 1. The highest BCUT2D eigenvalue weighted by Crippen LogP contribution is 2.24. The number of rotatable bonds is 0. The van der Waals surface area contributed by atoms with Crippen molar-refractivity contribution < 1.29 is 0 Å². The fourth-order valence-electron chi connectivity index (χ4n) is 0.502. The first-order valence-corrected chi connectivity index (χ1v) is 3.40. The van der Waals surface area contributed by atoms with E-state index in [4.69, 9.17) is 0 Å². The lowest BCUT2D eigenvalue weighted by Gasteiger charge is -1.86. The first kappa shape index (κ1) is 4.98. The predicted octanol–water partition coefficient (Wildman–Crippen LogP) is 1.85. The molecule has 38 valence electrons. The Hall–Kier alpha value is -0.170. The molecule has 0 nitrogen and oxygen atoms in total. The molecule has 0 radical (unpaired) electrons. The van der Waals surface area contributed by atoms with Crippen LogP contribution in [0.15, 0.2) is 24.3 Å². The Morgan fingerprint density at radius 3 is 1.71 bits per heavy atom.